The van der Waals surface area contributed by atoms with Crippen LogP contribution in [0.15, 0.2) is 36.5 Å². The van der Waals surface area contributed by atoms with Gasteiger partial charge in [-0.1, -0.05) is 24.3 Å². The summed E-state index contributed by atoms with van der Waals surface area (Å²) >= 11 is 1.66. The number of piperidine rings is 1. The molecule has 0 aliphatic carbocycles. The highest BCUT2D eigenvalue weighted by Gasteiger charge is 2.20. The maximum absolute atomic E-state index is 5.49. The minimum atomic E-state index is 0.700. The van der Waals surface area contributed by atoms with Crippen molar-refractivity contribution in [2.24, 2.45) is 5.92 Å². The zero-order valence-electron chi connectivity index (χ0n) is 17.8. The van der Waals surface area contributed by atoms with Gasteiger partial charge in [0.25, 0.3) is 0 Å². The number of methoxy groups -OCH3 is 2. The Morgan fingerprint density at radius 2 is 1.87 bits per heavy atom. The van der Waals surface area contributed by atoms with Crippen LogP contribution in [0.2, 0.25) is 0 Å². The topological polar surface area (TPSA) is 64.4 Å². The summed E-state index contributed by atoms with van der Waals surface area (Å²) in [5, 5.41) is 14.3. The number of anilines is 1. The third-order valence-corrected chi connectivity index (χ3v) is 6.60. The molecule has 0 bridgehead atoms. The zero-order chi connectivity index (χ0) is 20.9. The quantitative estimate of drug-likeness (QED) is 0.589. The summed E-state index contributed by atoms with van der Waals surface area (Å²) in [4.78, 5) is 2.36. The summed E-state index contributed by atoms with van der Waals surface area (Å²) in [6.07, 6.45) is 4.50. The van der Waals surface area contributed by atoms with Gasteiger partial charge >= 0.3 is 0 Å². The van der Waals surface area contributed by atoms with Gasteiger partial charge in [0.1, 0.15) is 11.5 Å². The van der Waals surface area contributed by atoms with E-state index < -0.39 is 0 Å². The smallest absolute Gasteiger partial charge is 0.218 e. The van der Waals surface area contributed by atoms with E-state index in [9.17, 15) is 0 Å². The van der Waals surface area contributed by atoms with Gasteiger partial charge in [0.15, 0.2) is 0 Å². The first-order valence-electron chi connectivity index (χ1n) is 10.3. The largest absolute Gasteiger partial charge is 0.497 e. The van der Waals surface area contributed by atoms with Gasteiger partial charge in [-0.15, -0.1) is 10.2 Å². The number of hydrogen-bond donors (Lipinski definition) is 1. The minimum Gasteiger partial charge on any atom is -0.497 e. The Kier molecular flexibility index (Phi) is 6.54. The van der Waals surface area contributed by atoms with Gasteiger partial charge in [-0.3, -0.25) is 4.57 Å². The van der Waals surface area contributed by atoms with E-state index in [0.29, 0.717) is 6.54 Å². The molecule has 1 saturated heterocycles. The summed E-state index contributed by atoms with van der Waals surface area (Å²) in [7, 11) is 3.34. The molecule has 2 aromatic heterocycles. The van der Waals surface area contributed by atoms with Crippen LogP contribution in [0.4, 0.5) is 5.13 Å². The standard InChI is InChI=1S/C22H29N5O2S/c1-16-8-11-26(12-9-16)21-24-25-22(30-21)27-10-4-5-18(27)15-23-14-17-6-7-19(28-2)13-20(17)29-3/h4-7,10,13,16,23H,8-9,11-12,14-15H2,1-3H3. The molecule has 0 atom stereocenters. The van der Waals surface area contributed by atoms with Crippen molar-refractivity contribution in [3.8, 4) is 16.6 Å². The molecule has 1 aromatic carbocycles. The molecule has 8 heteroatoms. The van der Waals surface area contributed by atoms with Gasteiger partial charge in [-0.2, -0.15) is 0 Å². The van der Waals surface area contributed by atoms with E-state index in [0.717, 1.165) is 58.6 Å². The second-order valence-electron chi connectivity index (χ2n) is 7.69. The Morgan fingerprint density at radius 1 is 1.07 bits per heavy atom. The Balaban J connectivity index is 1.40. The Hall–Kier alpha value is -2.58. The lowest BCUT2D eigenvalue weighted by Crippen LogP contribution is -2.32. The van der Waals surface area contributed by atoms with Gasteiger partial charge in [-0.25, -0.2) is 0 Å². The van der Waals surface area contributed by atoms with Crippen molar-refractivity contribution in [2.75, 3.05) is 32.2 Å². The lowest BCUT2D eigenvalue weighted by molar-refractivity contribution is 0.389. The summed E-state index contributed by atoms with van der Waals surface area (Å²) in [6, 6.07) is 10.0. The van der Waals surface area contributed by atoms with E-state index in [1.54, 1.807) is 25.6 Å². The first-order chi connectivity index (χ1) is 14.7. The molecule has 0 saturated carbocycles. The molecular formula is C22H29N5O2S. The molecule has 1 fully saturated rings. The first-order valence-corrected chi connectivity index (χ1v) is 11.2. The molecule has 1 aliphatic rings. The number of ether oxygens (including phenoxy) is 2. The van der Waals surface area contributed by atoms with Crippen molar-refractivity contribution in [2.45, 2.75) is 32.9 Å². The molecule has 4 rings (SSSR count). The molecule has 3 heterocycles. The highest BCUT2D eigenvalue weighted by Crippen LogP contribution is 2.28. The third-order valence-electron chi connectivity index (χ3n) is 5.61. The van der Waals surface area contributed by atoms with Crippen LogP contribution in [0.3, 0.4) is 0 Å². The third kappa shape index (κ3) is 4.60. The molecule has 160 valence electrons. The molecular weight excluding hydrogens is 398 g/mol. The van der Waals surface area contributed by atoms with Gasteiger partial charge in [0.05, 0.1) is 14.2 Å². The molecule has 30 heavy (non-hydrogen) atoms. The molecule has 0 unspecified atom stereocenters. The number of hydrogen-bond acceptors (Lipinski definition) is 7. The SMILES string of the molecule is COc1ccc(CNCc2cccn2-c2nnc(N3CCC(C)CC3)s2)c(OC)c1. The van der Waals surface area contributed by atoms with Crippen LogP contribution in [0.1, 0.15) is 31.0 Å². The van der Waals surface area contributed by atoms with E-state index in [-0.39, 0.29) is 0 Å². The summed E-state index contributed by atoms with van der Waals surface area (Å²) < 4.78 is 12.9. The van der Waals surface area contributed by atoms with Gasteiger partial charge in [-0.05, 0) is 37.0 Å². The molecule has 7 nitrogen and oxygen atoms in total. The molecule has 1 N–H and O–H groups in total. The molecule has 0 amide bonds. The number of nitrogens with zero attached hydrogens (tertiary/aromatic N) is 4. The van der Waals surface area contributed by atoms with Crippen LogP contribution in [0.5, 0.6) is 11.5 Å². The predicted molar refractivity (Wildman–Crippen MR) is 120 cm³/mol. The van der Waals surface area contributed by atoms with Crippen molar-refractivity contribution in [1.82, 2.24) is 20.1 Å². The fraction of sp³-hybridized carbons (Fsp3) is 0.455. The highest BCUT2D eigenvalue weighted by atomic mass is 32.1. The summed E-state index contributed by atoms with van der Waals surface area (Å²) in [6.45, 7) is 5.88. The number of benzene rings is 1. The monoisotopic (exact) mass is 427 g/mol. The van der Waals surface area contributed by atoms with Crippen molar-refractivity contribution in [3.63, 3.8) is 0 Å². The molecule has 0 radical (unpaired) electrons. The van der Waals surface area contributed by atoms with Crippen molar-refractivity contribution >= 4 is 16.5 Å². The van der Waals surface area contributed by atoms with Crippen LogP contribution in [0.25, 0.3) is 5.13 Å². The van der Waals surface area contributed by atoms with E-state index >= 15 is 0 Å². The van der Waals surface area contributed by atoms with E-state index in [2.05, 4.69) is 44.0 Å². The fourth-order valence-corrected chi connectivity index (χ4v) is 4.62. The van der Waals surface area contributed by atoms with Crippen LogP contribution < -0.4 is 19.7 Å². The Morgan fingerprint density at radius 3 is 2.63 bits per heavy atom. The molecule has 3 aromatic rings. The van der Waals surface area contributed by atoms with Crippen molar-refractivity contribution < 1.29 is 9.47 Å². The predicted octanol–water partition coefficient (Wildman–Crippen LogP) is 3.87. The van der Waals surface area contributed by atoms with Crippen LogP contribution in [-0.4, -0.2) is 42.1 Å². The van der Waals surface area contributed by atoms with Gasteiger partial charge in [0.2, 0.25) is 10.3 Å². The average Bonchev–Trinajstić information content (AvgIpc) is 3.44. The van der Waals surface area contributed by atoms with Crippen LogP contribution in [-0.2, 0) is 13.1 Å². The average molecular weight is 428 g/mol. The molecule has 0 spiro atoms. The Labute approximate surface area is 181 Å². The maximum atomic E-state index is 5.49. The van der Waals surface area contributed by atoms with Crippen LogP contribution in [0, 0.1) is 5.92 Å². The lowest BCUT2D eigenvalue weighted by atomic mass is 10.00. The number of rotatable bonds is 8. The lowest BCUT2D eigenvalue weighted by Gasteiger charge is -2.29. The van der Waals surface area contributed by atoms with Crippen molar-refractivity contribution in [3.05, 3.63) is 47.8 Å². The fourth-order valence-electron chi connectivity index (χ4n) is 3.70. The maximum Gasteiger partial charge on any atom is 0.218 e. The highest BCUT2D eigenvalue weighted by molar-refractivity contribution is 7.17. The number of nitrogens with one attached hydrogen (secondary N) is 1. The summed E-state index contributed by atoms with van der Waals surface area (Å²) in [5.41, 5.74) is 2.24. The Bertz CT molecular complexity index is 962. The minimum absolute atomic E-state index is 0.700. The van der Waals surface area contributed by atoms with E-state index in [1.165, 1.54) is 12.8 Å². The van der Waals surface area contributed by atoms with E-state index in [1.807, 2.05) is 24.4 Å². The second-order valence-corrected chi connectivity index (χ2v) is 8.62. The van der Waals surface area contributed by atoms with E-state index in [4.69, 9.17) is 9.47 Å². The molecule has 1 aliphatic heterocycles. The van der Waals surface area contributed by atoms with Crippen LogP contribution >= 0.6 is 11.3 Å². The van der Waals surface area contributed by atoms with Crippen molar-refractivity contribution in [1.29, 1.82) is 0 Å². The number of aromatic nitrogens is 3. The normalized spacial score (nSPS) is 14.8. The summed E-state index contributed by atoms with van der Waals surface area (Å²) in [5.74, 6) is 2.42. The van der Waals surface area contributed by atoms with Gasteiger partial charge < -0.3 is 19.7 Å². The first kappa shape index (κ1) is 20.7. The van der Waals surface area contributed by atoms with Gasteiger partial charge in [0, 0.05) is 49.7 Å². The zero-order valence-corrected chi connectivity index (χ0v) is 18.6. The second kappa shape index (κ2) is 9.49.